The third kappa shape index (κ3) is 2.81. The molecule has 3 aromatic rings. The van der Waals surface area contributed by atoms with E-state index in [-0.39, 0.29) is 0 Å². The summed E-state index contributed by atoms with van der Waals surface area (Å²) in [5, 5.41) is 9.47. The fourth-order valence-corrected chi connectivity index (χ4v) is 4.86. The van der Waals surface area contributed by atoms with E-state index in [4.69, 9.17) is 0 Å². The number of para-hydroxylation sites is 2. The number of pyridine rings is 1. The topological polar surface area (TPSA) is 39.9 Å². The van der Waals surface area contributed by atoms with Gasteiger partial charge in [0.15, 0.2) is 0 Å². The molecule has 2 heterocycles. The largest absolute Gasteiger partial charge is 0.312 e. The maximum absolute atomic E-state index is 9.47. The van der Waals surface area contributed by atoms with Crippen LogP contribution in [-0.4, -0.2) is 4.98 Å². The zero-order chi connectivity index (χ0) is 18.9. The Kier molecular flexibility index (Phi) is 4.23. The Labute approximate surface area is 168 Å². The maximum Gasteiger partial charge on any atom is 0.101 e. The lowest BCUT2D eigenvalue weighted by molar-refractivity contribution is 0.907. The Bertz CT molecular complexity index is 1120. The Hall–Kier alpha value is -3.29. The minimum absolute atomic E-state index is 0.612. The van der Waals surface area contributed by atoms with Crippen LogP contribution in [0.1, 0.15) is 24.0 Å². The number of aromatic nitrogens is 1. The molecule has 0 spiro atoms. The van der Waals surface area contributed by atoms with Crippen molar-refractivity contribution in [3.63, 3.8) is 0 Å². The molecule has 2 aromatic carbocycles. The van der Waals surface area contributed by atoms with Crippen molar-refractivity contribution in [2.24, 2.45) is 0 Å². The van der Waals surface area contributed by atoms with Crippen LogP contribution in [-0.2, 0) is 0 Å². The highest BCUT2D eigenvalue weighted by atomic mass is 32.2. The van der Waals surface area contributed by atoms with Gasteiger partial charge in [0.05, 0.1) is 16.9 Å². The van der Waals surface area contributed by atoms with Gasteiger partial charge in [-0.05, 0) is 54.8 Å². The van der Waals surface area contributed by atoms with E-state index in [1.165, 1.54) is 26.9 Å². The molecule has 28 heavy (non-hydrogen) atoms. The molecule has 0 saturated heterocycles. The summed E-state index contributed by atoms with van der Waals surface area (Å²) in [5.41, 5.74) is 6.33. The molecule has 134 valence electrons. The second kappa shape index (κ2) is 7.03. The van der Waals surface area contributed by atoms with Crippen LogP contribution in [0.4, 0.5) is 11.4 Å². The molecular formula is C24H17N3S. The number of benzene rings is 2. The van der Waals surface area contributed by atoms with Crippen LogP contribution in [0.15, 0.2) is 94.6 Å². The van der Waals surface area contributed by atoms with Gasteiger partial charge in [-0.2, -0.15) is 5.26 Å². The summed E-state index contributed by atoms with van der Waals surface area (Å²) in [6.07, 6.45) is 9.74. The Morgan fingerprint density at radius 3 is 2.39 bits per heavy atom. The molecule has 0 saturated carbocycles. The third-order valence-corrected chi connectivity index (χ3v) is 6.19. The number of rotatable bonds is 2. The second-order valence-electron chi connectivity index (χ2n) is 6.74. The highest BCUT2D eigenvalue weighted by Crippen LogP contribution is 2.50. The van der Waals surface area contributed by atoms with Gasteiger partial charge < -0.3 is 4.90 Å². The van der Waals surface area contributed by atoms with Gasteiger partial charge in [0, 0.05) is 33.4 Å². The normalized spacial score (nSPS) is 15.0. The summed E-state index contributed by atoms with van der Waals surface area (Å²) < 4.78 is 0. The molecule has 0 bridgehead atoms. The van der Waals surface area contributed by atoms with Crippen LogP contribution >= 0.6 is 11.8 Å². The van der Waals surface area contributed by atoms with E-state index < -0.39 is 0 Å². The first kappa shape index (κ1) is 16.9. The first-order chi connectivity index (χ1) is 13.8. The zero-order valence-corrected chi connectivity index (χ0v) is 16.0. The average molecular weight is 379 g/mol. The van der Waals surface area contributed by atoms with Crippen molar-refractivity contribution in [1.82, 2.24) is 4.98 Å². The van der Waals surface area contributed by atoms with E-state index in [0.717, 1.165) is 24.0 Å². The van der Waals surface area contributed by atoms with Crippen molar-refractivity contribution >= 4 is 28.7 Å². The molecule has 1 aliphatic carbocycles. The predicted octanol–water partition coefficient (Wildman–Crippen LogP) is 6.32. The van der Waals surface area contributed by atoms with E-state index in [1.807, 2.05) is 17.8 Å². The number of hydrogen-bond acceptors (Lipinski definition) is 4. The second-order valence-corrected chi connectivity index (χ2v) is 7.82. The molecule has 2 aliphatic rings. The van der Waals surface area contributed by atoms with Crippen molar-refractivity contribution in [1.29, 1.82) is 5.26 Å². The van der Waals surface area contributed by atoms with Gasteiger partial charge in [-0.25, -0.2) is 0 Å². The molecule has 0 atom stereocenters. The summed E-state index contributed by atoms with van der Waals surface area (Å²) in [6.45, 7) is 0. The predicted molar refractivity (Wildman–Crippen MR) is 113 cm³/mol. The zero-order valence-electron chi connectivity index (χ0n) is 15.2. The number of anilines is 2. The van der Waals surface area contributed by atoms with Gasteiger partial charge in [0.25, 0.3) is 0 Å². The van der Waals surface area contributed by atoms with E-state index >= 15 is 0 Å². The van der Waals surface area contributed by atoms with E-state index in [9.17, 15) is 5.26 Å². The van der Waals surface area contributed by atoms with E-state index in [2.05, 4.69) is 76.6 Å². The van der Waals surface area contributed by atoms with Gasteiger partial charge in [0.2, 0.25) is 0 Å². The standard InChI is InChI=1S/C24H17N3S/c25-15-18-16-26-13-12-20(18)17-6-5-7-19(14-17)27-21-8-1-3-10-23(21)28-24-11-4-2-9-22(24)27/h1-4,6,8-14,16H,5,7H2. The molecule has 0 unspecified atom stereocenters. The fraction of sp³-hybridized carbons (Fsp3) is 0.0833. The Balaban J connectivity index is 1.65. The van der Waals surface area contributed by atoms with Gasteiger partial charge in [0.1, 0.15) is 6.07 Å². The van der Waals surface area contributed by atoms with Crippen molar-refractivity contribution in [3.05, 3.63) is 96.0 Å². The van der Waals surface area contributed by atoms with Gasteiger partial charge in [-0.15, -0.1) is 0 Å². The molecular weight excluding hydrogens is 362 g/mol. The van der Waals surface area contributed by atoms with Crippen LogP contribution in [0.25, 0.3) is 5.57 Å². The molecule has 0 radical (unpaired) electrons. The quantitative estimate of drug-likeness (QED) is 0.522. The van der Waals surface area contributed by atoms with Crippen molar-refractivity contribution < 1.29 is 0 Å². The molecule has 3 nitrogen and oxygen atoms in total. The summed E-state index contributed by atoms with van der Waals surface area (Å²) in [7, 11) is 0. The van der Waals surface area contributed by atoms with Gasteiger partial charge in [-0.3, -0.25) is 4.98 Å². The molecule has 0 fully saturated rings. The molecule has 4 heteroatoms. The van der Waals surface area contributed by atoms with Crippen molar-refractivity contribution in [2.45, 2.75) is 22.6 Å². The van der Waals surface area contributed by atoms with Crippen LogP contribution in [0.5, 0.6) is 0 Å². The first-order valence-electron chi connectivity index (χ1n) is 9.26. The van der Waals surface area contributed by atoms with Gasteiger partial charge in [-0.1, -0.05) is 42.1 Å². The van der Waals surface area contributed by atoms with Gasteiger partial charge >= 0.3 is 0 Å². The molecule has 0 N–H and O–H groups in total. The fourth-order valence-electron chi connectivity index (χ4n) is 3.80. The molecule has 5 rings (SSSR count). The minimum atomic E-state index is 0.612. The smallest absolute Gasteiger partial charge is 0.101 e. The third-order valence-electron chi connectivity index (χ3n) is 5.06. The highest BCUT2D eigenvalue weighted by Gasteiger charge is 2.26. The van der Waals surface area contributed by atoms with Crippen LogP contribution < -0.4 is 4.90 Å². The van der Waals surface area contributed by atoms with Crippen LogP contribution in [0.2, 0.25) is 0 Å². The Morgan fingerprint density at radius 2 is 1.68 bits per heavy atom. The number of allylic oxidation sites excluding steroid dienone is 4. The minimum Gasteiger partial charge on any atom is -0.312 e. The molecule has 0 amide bonds. The molecule has 1 aliphatic heterocycles. The monoisotopic (exact) mass is 379 g/mol. The van der Waals surface area contributed by atoms with E-state index in [0.29, 0.717) is 5.56 Å². The van der Waals surface area contributed by atoms with Crippen molar-refractivity contribution in [2.75, 3.05) is 4.90 Å². The lowest BCUT2D eigenvalue weighted by atomic mass is 9.94. The summed E-state index contributed by atoms with van der Waals surface area (Å²) >= 11 is 1.82. The van der Waals surface area contributed by atoms with Crippen LogP contribution in [0, 0.1) is 11.3 Å². The molecule has 1 aromatic heterocycles. The van der Waals surface area contributed by atoms with Crippen molar-refractivity contribution in [3.8, 4) is 6.07 Å². The average Bonchev–Trinajstić information content (AvgIpc) is 2.77. The Morgan fingerprint density at radius 1 is 0.964 bits per heavy atom. The summed E-state index contributed by atoms with van der Waals surface area (Å²) in [4.78, 5) is 9.00. The number of nitrogens with zero attached hydrogens (tertiary/aromatic N) is 3. The van der Waals surface area contributed by atoms with Crippen LogP contribution in [0.3, 0.4) is 0 Å². The maximum atomic E-state index is 9.47. The number of nitriles is 1. The van der Waals surface area contributed by atoms with E-state index in [1.54, 1.807) is 12.4 Å². The SMILES string of the molecule is N#Cc1cnccc1C1=CCCC(N2c3ccccc3Sc3ccccc32)=C1. The first-order valence-corrected chi connectivity index (χ1v) is 10.1. The highest BCUT2D eigenvalue weighted by molar-refractivity contribution is 7.99. The lowest BCUT2D eigenvalue weighted by Crippen LogP contribution is -2.21. The lowest BCUT2D eigenvalue weighted by Gasteiger charge is -2.35. The number of hydrogen-bond donors (Lipinski definition) is 0. The summed E-state index contributed by atoms with van der Waals surface area (Å²) in [5.74, 6) is 0. The summed E-state index contributed by atoms with van der Waals surface area (Å²) in [6, 6.07) is 21.3. The number of fused-ring (bicyclic) bond motifs is 2.